The first-order valence-corrected chi connectivity index (χ1v) is 6.13. The minimum absolute atomic E-state index is 0.137. The minimum atomic E-state index is 0.137. The van der Waals surface area contributed by atoms with Gasteiger partial charge in [0.1, 0.15) is 0 Å². The molecule has 1 aromatic carbocycles. The first kappa shape index (κ1) is 12.0. The van der Waals surface area contributed by atoms with Gasteiger partial charge in [-0.05, 0) is 31.9 Å². The second-order valence-corrected chi connectivity index (χ2v) is 4.81. The molecule has 92 valence electrons. The van der Waals surface area contributed by atoms with Gasteiger partial charge in [-0.1, -0.05) is 23.8 Å². The van der Waals surface area contributed by atoms with Crippen molar-refractivity contribution in [1.29, 1.82) is 0 Å². The third kappa shape index (κ3) is 2.02. The fourth-order valence-corrected chi connectivity index (χ4v) is 2.46. The molecule has 1 saturated heterocycles. The summed E-state index contributed by atoms with van der Waals surface area (Å²) >= 11 is 0. The summed E-state index contributed by atoms with van der Waals surface area (Å²) in [4.78, 5) is 15.7. The molecule has 0 aromatic heterocycles. The molecule has 2 rings (SSSR count). The van der Waals surface area contributed by atoms with E-state index < -0.39 is 0 Å². The van der Waals surface area contributed by atoms with Gasteiger partial charge in [0.2, 0.25) is 0 Å². The van der Waals surface area contributed by atoms with Crippen LogP contribution in [0, 0.1) is 13.8 Å². The highest BCUT2D eigenvalue weighted by molar-refractivity contribution is 5.77. The van der Waals surface area contributed by atoms with Crippen molar-refractivity contribution in [1.82, 2.24) is 9.80 Å². The average molecular weight is 232 g/mol. The Morgan fingerprint density at radius 2 is 2.06 bits per heavy atom. The van der Waals surface area contributed by atoms with Crippen molar-refractivity contribution in [3.8, 4) is 0 Å². The zero-order chi connectivity index (χ0) is 12.6. The first-order chi connectivity index (χ1) is 8.04. The quantitative estimate of drug-likeness (QED) is 0.769. The van der Waals surface area contributed by atoms with Gasteiger partial charge in [-0.25, -0.2) is 4.79 Å². The van der Waals surface area contributed by atoms with Crippen LogP contribution >= 0.6 is 0 Å². The van der Waals surface area contributed by atoms with Crippen molar-refractivity contribution in [2.75, 3.05) is 20.1 Å². The van der Waals surface area contributed by atoms with Crippen LogP contribution in [0.15, 0.2) is 18.2 Å². The highest BCUT2D eigenvalue weighted by Gasteiger charge is 2.35. The van der Waals surface area contributed by atoms with Gasteiger partial charge in [-0.15, -0.1) is 0 Å². The van der Waals surface area contributed by atoms with E-state index in [2.05, 4.69) is 32.0 Å². The number of urea groups is 1. The van der Waals surface area contributed by atoms with Crippen LogP contribution in [0.2, 0.25) is 0 Å². The normalized spacial score (nSPS) is 20.2. The molecule has 1 aliphatic heterocycles. The summed E-state index contributed by atoms with van der Waals surface area (Å²) in [6.07, 6.45) is 0. The molecule has 1 unspecified atom stereocenters. The summed E-state index contributed by atoms with van der Waals surface area (Å²) < 4.78 is 0. The number of rotatable bonds is 2. The van der Waals surface area contributed by atoms with Crippen LogP contribution in [0.5, 0.6) is 0 Å². The molecule has 0 bridgehead atoms. The van der Waals surface area contributed by atoms with E-state index in [-0.39, 0.29) is 12.1 Å². The van der Waals surface area contributed by atoms with Crippen molar-refractivity contribution in [2.45, 2.75) is 26.8 Å². The topological polar surface area (TPSA) is 23.6 Å². The Morgan fingerprint density at radius 1 is 1.35 bits per heavy atom. The number of aryl methyl sites for hydroxylation is 2. The Balaban J connectivity index is 2.35. The Morgan fingerprint density at radius 3 is 2.65 bits per heavy atom. The molecule has 2 amide bonds. The van der Waals surface area contributed by atoms with Gasteiger partial charge < -0.3 is 9.80 Å². The Bertz CT molecular complexity index is 442. The number of carbonyl (C=O) groups excluding carboxylic acids is 1. The zero-order valence-corrected chi connectivity index (χ0v) is 11.0. The predicted octanol–water partition coefficient (Wildman–Crippen LogP) is 2.73. The van der Waals surface area contributed by atoms with Gasteiger partial charge in [-0.2, -0.15) is 0 Å². The van der Waals surface area contributed by atoms with Crippen LogP contribution in [-0.4, -0.2) is 36.0 Å². The number of hydrogen-bond donors (Lipinski definition) is 0. The van der Waals surface area contributed by atoms with E-state index in [4.69, 9.17) is 0 Å². The lowest BCUT2D eigenvalue weighted by molar-refractivity contribution is 0.197. The van der Waals surface area contributed by atoms with Gasteiger partial charge in [0.25, 0.3) is 0 Å². The fourth-order valence-electron chi connectivity index (χ4n) is 2.46. The van der Waals surface area contributed by atoms with Crippen molar-refractivity contribution in [2.24, 2.45) is 0 Å². The number of nitrogens with zero attached hydrogens (tertiary/aromatic N) is 2. The molecule has 17 heavy (non-hydrogen) atoms. The highest BCUT2D eigenvalue weighted by Crippen LogP contribution is 2.30. The average Bonchev–Trinajstić information content (AvgIpc) is 2.59. The smallest absolute Gasteiger partial charge is 0.320 e. The molecule has 0 N–H and O–H groups in total. The molecule has 0 spiro atoms. The fraction of sp³-hybridized carbons (Fsp3) is 0.500. The largest absolute Gasteiger partial charge is 0.323 e. The third-order valence-corrected chi connectivity index (χ3v) is 3.61. The van der Waals surface area contributed by atoms with Gasteiger partial charge >= 0.3 is 6.03 Å². The number of carbonyl (C=O) groups is 1. The Kier molecular flexibility index (Phi) is 3.09. The second-order valence-electron chi connectivity index (χ2n) is 4.81. The van der Waals surface area contributed by atoms with Crippen LogP contribution in [0.3, 0.4) is 0 Å². The summed E-state index contributed by atoms with van der Waals surface area (Å²) in [6.45, 7) is 7.82. The van der Waals surface area contributed by atoms with E-state index in [1.165, 1.54) is 16.7 Å². The third-order valence-electron chi connectivity index (χ3n) is 3.61. The van der Waals surface area contributed by atoms with Gasteiger partial charge in [0.05, 0.1) is 6.04 Å². The van der Waals surface area contributed by atoms with Crippen molar-refractivity contribution < 1.29 is 4.79 Å². The van der Waals surface area contributed by atoms with Crippen molar-refractivity contribution in [3.05, 3.63) is 34.9 Å². The molecular formula is C14H20N2O. The van der Waals surface area contributed by atoms with Crippen LogP contribution in [-0.2, 0) is 0 Å². The number of hydrogen-bond acceptors (Lipinski definition) is 1. The zero-order valence-electron chi connectivity index (χ0n) is 11.0. The summed E-state index contributed by atoms with van der Waals surface area (Å²) in [5.41, 5.74) is 3.79. The van der Waals surface area contributed by atoms with Gasteiger partial charge in [-0.3, -0.25) is 0 Å². The first-order valence-electron chi connectivity index (χ1n) is 6.13. The molecule has 1 heterocycles. The molecule has 3 nitrogen and oxygen atoms in total. The number of amides is 2. The van der Waals surface area contributed by atoms with E-state index in [0.29, 0.717) is 0 Å². The summed E-state index contributed by atoms with van der Waals surface area (Å²) in [5.74, 6) is 0. The summed E-state index contributed by atoms with van der Waals surface area (Å²) in [6, 6.07) is 6.79. The monoisotopic (exact) mass is 232 g/mol. The van der Waals surface area contributed by atoms with Crippen molar-refractivity contribution >= 4 is 6.03 Å². The van der Waals surface area contributed by atoms with E-state index in [1.54, 1.807) is 0 Å². The lowest BCUT2D eigenvalue weighted by Gasteiger charge is -2.20. The summed E-state index contributed by atoms with van der Waals surface area (Å²) in [5, 5.41) is 0. The van der Waals surface area contributed by atoms with E-state index in [1.807, 2.05) is 23.8 Å². The molecule has 1 aliphatic rings. The van der Waals surface area contributed by atoms with Gasteiger partial charge in [0, 0.05) is 20.1 Å². The Labute approximate surface area is 103 Å². The van der Waals surface area contributed by atoms with E-state index in [0.717, 1.165) is 13.1 Å². The van der Waals surface area contributed by atoms with Crippen LogP contribution < -0.4 is 0 Å². The van der Waals surface area contributed by atoms with Crippen LogP contribution in [0.1, 0.15) is 29.7 Å². The molecule has 1 fully saturated rings. The molecule has 1 aromatic rings. The molecule has 1 atom stereocenters. The maximum absolute atomic E-state index is 12.0. The van der Waals surface area contributed by atoms with E-state index in [9.17, 15) is 4.79 Å². The number of benzene rings is 1. The lowest BCUT2D eigenvalue weighted by atomic mass is 9.99. The summed E-state index contributed by atoms with van der Waals surface area (Å²) in [7, 11) is 1.89. The number of likely N-dealkylation sites (N-methyl/N-ethyl adjacent to an activating group) is 2. The lowest BCUT2D eigenvalue weighted by Crippen LogP contribution is -2.29. The van der Waals surface area contributed by atoms with Crippen LogP contribution in [0.25, 0.3) is 0 Å². The van der Waals surface area contributed by atoms with Gasteiger partial charge in [0.15, 0.2) is 0 Å². The predicted molar refractivity (Wildman–Crippen MR) is 69.1 cm³/mol. The molecule has 0 aliphatic carbocycles. The molecule has 0 saturated carbocycles. The van der Waals surface area contributed by atoms with Crippen LogP contribution in [0.4, 0.5) is 4.79 Å². The van der Waals surface area contributed by atoms with Crippen molar-refractivity contribution in [3.63, 3.8) is 0 Å². The maximum atomic E-state index is 12.0. The molecule has 0 radical (unpaired) electrons. The maximum Gasteiger partial charge on any atom is 0.320 e. The van der Waals surface area contributed by atoms with E-state index >= 15 is 0 Å². The SMILES string of the molecule is CCN1CC(c2cc(C)ccc2C)N(C)C1=O. The molecular weight excluding hydrogens is 212 g/mol. The highest BCUT2D eigenvalue weighted by atomic mass is 16.2. The minimum Gasteiger partial charge on any atom is -0.323 e. The molecule has 3 heteroatoms. The standard InChI is InChI=1S/C14H20N2O/c1-5-16-9-13(15(4)14(16)17)12-8-10(2)6-7-11(12)3/h6-8,13H,5,9H2,1-4H3. The second kappa shape index (κ2) is 4.40. The Hall–Kier alpha value is -1.51.